The predicted octanol–water partition coefficient (Wildman–Crippen LogP) is -1.67. The van der Waals surface area contributed by atoms with Gasteiger partial charge in [0.2, 0.25) is 11.8 Å². The average molecular weight is 171 g/mol. The molecule has 5 N–H and O–H groups in total. The van der Waals surface area contributed by atoms with E-state index in [0.29, 0.717) is 13.0 Å². The van der Waals surface area contributed by atoms with Crippen molar-refractivity contribution in [3.63, 3.8) is 0 Å². The molecule has 68 valence electrons. The number of carbonyl (C=O) groups excluding carboxylic acids is 2. The zero-order chi connectivity index (χ0) is 9.14. The van der Waals surface area contributed by atoms with Crippen molar-refractivity contribution >= 4 is 11.8 Å². The molecule has 1 fully saturated rings. The fourth-order valence-corrected chi connectivity index (χ4v) is 1.29. The number of carbonyl (C=O) groups is 2. The number of nitrogens with two attached hydrogens (primary N) is 2. The first-order chi connectivity index (χ1) is 5.61. The summed E-state index contributed by atoms with van der Waals surface area (Å²) in [6.07, 6.45) is 1.11. The Morgan fingerprint density at radius 1 is 1.75 bits per heavy atom. The lowest BCUT2D eigenvalue weighted by atomic mass is 9.99. The van der Waals surface area contributed by atoms with E-state index >= 15 is 0 Å². The van der Waals surface area contributed by atoms with E-state index in [1.807, 2.05) is 0 Å². The van der Waals surface area contributed by atoms with Crippen molar-refractivity contribution in [2.24, 2.45) is 17.4 Å². The summed E-state index contributed by atoms with van der Waals surface area (Å²) in [5, 5.41) is 2.67. The van der Waals surface area contributed by atoms with Crippen molar-refractivity contribution in [3.05, 3.63) is 0 Å². The second-order valence-corrected chi connectivity index (χ2v) is 3.02. The van der Waals surface area contributed by atoms with Crippen molar-refractivity contribution in [2.75, 3.05) is 6.54 Å². The molecule has 1 rings (SSSR count). The number of hydrogen-bond acceptors (Lipinski definition) is 3. The number of amides is 2. The summed E-state index contributed by atoms with van der Waals surface area (Å²) in [6.45, 7) is 0.676. The summed E-state index contributed by atoms with van der Waals surface area (Å²) in [5.74, 6) is -0.700. The molecule has 1 heterocycles. The number of hydrogen-bond donors (Lipinski definition) is 3. The van der Waals surface area contributed by atoms with Crippen LogP contribution in [-0.2, 0) is 9.59 Å². The number of primary amides is 1. The molecule has 1 saturated heterocycles. The lowest BCUT2D eigenvalue weighted by molar-refractivity contribution is -0.123. The van der Waals surface area contributed by atoms with Crippen molar-refractivity contribution in [3.8, 4) is 0 Å². The van der Waals surface area contributed by atoms with Crippen LogP contribution in [-0.4, -0.2) is 24.4 Å². The van der Waals surface area contributed by atoms with Gasteiger partial charge in [0, 0.05) is 12.5 Å². The van der Waals surface area contributed by atoms with Crippen LogP contribution in [0.5, 0.6) is 0 Å². The summed E-state index contributed by atoms with van der Waals surface area (Å²) in [7, 11) is 0. The molecule has 2 atom stereocenters. The molecule has 2 amide bonds. The molecule has 5 heteroatoms. The SMILES string of the molecule is NC(=O)[C@H](N)C[C@@H]1CCNC1=O. The second-order valence-electron chi connectivity index (χ2n) is 3.02. The Hall–Kier alpha value is -1.10. The van der Waals surface area contributed by atoms with E-state index in [9.17, 15) is 9.59 Å². The first kappa shape index (κ1) is 8.99. The Balaban J connectivity index is 2.40. The van der Waals surface area contributed by atoms with Crippen LogP contribution in [0.25, 0.3) is 0 Å². The summed E-state index contributed by atoms with van der Waals surface area (Å²) >= 11 is 0. The van der Waals surface area contributed by atoms with E-state index < -0.39 is 11.9 Å². The van der Waals surface area contributed by atoms with E-state index in [1.165, 1.54) is 0 Å². The van der Waals surface area contributed by atoms with E-state index in [2.05, 4.69) is 5.32 Å². The molecule has 12 heavy (non-hydrogen) atoms. The van der Waals surface area contributed by atoms with Crippen LogP contribution >= 0.6 is 0 Å². The van der Waals surface area contributed by atoms with Crippen LogP contribution in [0.1, 0.15) is 12.8 Å². The molecule has 0 saturated carbocycles. The molecule has 1 aliphatic rings. The molecule has 1 aliphatic heterocycles. The van der Waals surface area contributed by atoms with Gasteiger partial charge in [-0.25, -0.2) is 0 Å². The Labute approximate surface area is 70.5 Å². The Morgan fingerprint density at radius 3 is 2.83 bits per heavy atom. The van der Waals surface area contributed by atoms with Crippen LogP contribution < -0.4 is 16.8 Å². The van der Waals surface area contributed by atoms with Gasteiger partial charge in [-0.1, -0.05) is 0 Å². The van der Waals surface area contributed by atoms with E-state index in [-0.39, 0.29) is 11.8 Å². The van der Waals surface area contributed by atoms with Crippen LogP contribution in [0.2, 0.25) is 0 Å². The monoisotopic (exact) mass is 171 g/mol. The minimum absolute atomic E-state index is 0.0216. The molecular formula is C7H13N3O2. The highest BCUT2D eigenvalue weighted by molar-refractivity contribution is 5.83. The largest absolute Gasteiger partial charge is 0.368 e. The Bertz CT molecular complexity index is 205. The predicted molar refractivity (Wildman–Crippen MR) is 42.9 cm³/mol. The fourth-order valence-electron chi connectivity index (χ4n) is 1.29. The lowest BCUT2D eigenvalue weighted by Gasteiger charge is -2.10. The van der Waals surface area contributed by atoms with Gasteiger partial charge >= 0.3 is 0 Å². The van der Waals surface area contributed by atoms with Gasteiger partial charge in [0.25, 0.3) is 0 Å². The molecular weight excluding hydrogens is 158 g/mol. The van der Waals surface area contributed by atoms with Crippen LogP contribution in [0.4, 0.5) is 0 Å². The van der Waals surface area contributed by atoms with Gasteiger partial charge in [-0.3, -0.25) is 9.59 Å². The molecule has 0 aromatic heterocycles. The molecule has 0 aromatic carbocycles. The lowest BCUT2D eigenvalue weighted by Crippen LogP contribution is -2.39. The third kappa shape index (κ3) is 1.94. The van der Waals surface area contributed by atoms with Crippen molar-refractivity contribution < 1.29 is 9.59 Å². The molecule has 5 nitrogen and oxygen atoms in total. The zero-order valence-electron chi connectivity index (χ0n) is 6.75. The second kappa shape index (κ2) is 3.53. The van der Waals surface area contributed by atoms with Crippen molar-refractivity contribution in [2.45, 2.75) is 18.9 Å². The van der Waals surface area contributed by atoms with E-state index in [4.69, 9.17) is 11.5 Å². The molecule has 0 radical (unpaired) electrons. The third-order valence-corrected chi connectivity index (χ3v) is 2.07. The van der Waals surface area contributed by atoms with Gasteiger partial charge in [-0.2, -0.15) is 0 Å². The first-order valence-electron chi connectivity index (χ1n) is 3.94. The highest BCUT2D eigenvalue weighted by Gasteiger charge is 2.27. The van der Waals surface area contributed by atoms with Gasteiger partial charge in [0.15, 0.2) is 0 Å². The van der Waals surface area contributed by atoms with Gasteiger partial charge in [-0.05, 0) is 12.8 Å². The quantitative estimate of drug-likeness (QED) is 0.473. The third-order valence-electron chi connectivity index (χ3n) is 2.07. The minimum atomic E-state index is -0.696. The Morgan fingerprint density at radius 2 is 2.42 bits per heavy atom. The maximum atomic E-state index is 11.0. The maximum absolute atomic E-state index is 11.0. The molecule has 0 unspecified atom stereocenters. The van der Waals surface area contributed by atoms with Crippen LogP contribution in [0.3, 0.4) is 0 Å². The number of rotatable bonds is 3. The molecule has 0 aromatic rings. The smallest absolute Gasteiger partial charge is 0.234 e. The summed E-state index contributed by atoms with van der Waals surface area (Å²) in [4.78, 5) is 21.6. The highest BCUT2D eigenvalue weighted by atomic mass is 16.2. The highest BCUT2D eigenvalue weighted by Crippen LogP contribution is 2.14. The average Bonchev–Trinajstić information content (AvgIpc) is 2.36. The molecule has 0 aliphatic carbocycles. The van der Waals surface area contributed by atoms with Gasteiger partial charge in [0.1, 0.15) is 0 Å². The van der Waals surface area contributed by atoms with Crippen molar-refractivity contribution in [1.82, 2.24) is 5.32 Å². The summed E-state index contributed by atoms with van der Waals surface area (Å²) < 4.78 is 0. The topological polar surface area (TPSA) is 98.2 Å². The zero-order valence-corrected chi connectivity index (χ0v) is 6.75. The van der Waals surface area contributed by atoms with E-state index in [1.54, 1.807) is 0 Å². The van der Waals surface area contributed by atoms with Gasteiger partial charge in [-0.15, -0.1) is 0 Å². The Kier molecular flexibility index (Phi) is 2.65. The minimum Gasteiger partial charge on any atom is -0.368 e. The van der Waals surface area contributed by atoms with Gasteiger partial charge in [0.05, 0.1) is 6.04 Å². The maximum Gasteiger partial charge on any atom is 0.234 e. The fraction of sp³-hybridized carbons (Fsp3) is 0.714. The number of nitrogens with one attached hydrogen (secondary N) is 1. The molecule has 0 bridgehead atoms. The summed E-state index contributed by atoms with van der Waals surface area (Å²) in [5.41, 5.74) is 10.4. The van der Waals surface area contributed by atoms with Crippen LogP contribution in [0, 0.1) is 5.92 Å². The standard InChI is InChI=1S/C7H13N3O2/c8-5(6(9)11)3-4-1-2-10-7(4)12/h4-5H,1-3,8H2,(H2,9,11)(H,10,12)/t4-,5+/m0/s1. The first-order valence-corrected chi connectivity index (χ1v) is 3.94. The van der Waals surface area contributed by atoms with Crippen molar-refractivity contribution in [1.29, 1.82) is 0 Å². The van der Waals surface area contributed by atoms with Gasteiger partial charge < -0.3 is 16.8 Å². The van der Waals surface area contributed by atoms with Crippen LogP contribution in [0.15, 0.2) is 0 Å². The normalized spacial score (nSPS) is 25.1. The summed E-state index contributed by atoms with van der Waals surface area (Å²) in [6, 6.07) is -0.696. The van der Waals surface area contributed by atoms with E-state index in [0.717, 1.165) is 6.42 Å². The molecule has 0 spiro atoms.